The Kier molecular flexibility index (Phi) is 5.26. The predicted octanol–water partition coefficient (Wildman–Crippen LogP) is 1.38. The second-order valence-electron chi connectivity index (χ2n) is 4.82. The van der Waals surface area contributed by atoms with Gasteiger partial charge in [-0.2, -0.15) is 0 Å². The number of carbonyl (C=O) groups is 1. The fourth-order valence-corrected chi connectivity index (χ4v) is 2.31. The van der Waals surface area contributed by atoms with Crippen molar-refractivity contribution in [2.45, 2.75) is 38.6 Å². The van der Waals surface area contributed by atoms with Crippen molar-refractivity contribution in [2.24, 2.45) is 0 Å². The average Bonchev–Trinajstić information content (AvgIpc) is 2.17. The van der Waals surface area contributed by atoms with Gasteiger partial charge in [-0.1, -0.05) is 6.42 Å². The van der Waals surface area contributed by atoms with E-state index in [0.717, 1.165) is 32.5 Å². The van der Waals surface area contributed by atoms with E-state index in [1.54, 1.807) is 6.92 Å². The van der Waals surface area contributed by atoms with E-state index in [1.165, 1.54) is 12.8 Å². The zero-order valence-electron chi connectivity index (χ0n) is 10.3. The molecule has 1 aliphatic heterocycles. The maximum atomic E-state index is 11.5. The van der Waals surface area contributed by atoms with E-state index in [4.69, 9.17) is 0 Å². The Balaban J connectivity index is 2.33. The summed E-state index contributed by atoms with van der Waals surface area (Å²) in [6.07, 6.45) is 4.70. The monoisotopic (exact) mass is 212 g/mol. The van der Waals surface area contributed by atoms with Crippen molar-refractivity contribution in [1.82, 2.24) is 9.80 Å². The number of likely N-dealkylation sites (tertiary alicyclic amines) is 1. The first-order valence-electron chi connectivity index (χ1n) is 6.00. The van der Waals surface area contributed by atoms with Gasteiger partial charge in [0.05, 0.1) is 6.04 Å². The van der Waals surface area contributed by atoms with E-state index in [2.05, 4.69) is 23.9 Å². The number of carbonyl (C=O) groups excluding carboxylic acids is 1. The molecule has 1 heterocycles. The van der Waals surface area contributed by atoms with Gasteiger partial charge < -0.3 is 4.90 Å². The SMILES string of the molecule is CC(=O)C1CCCCN1CCCN(C)C. The largest absolute Gasteiger partial charge is 0.309 e. The molecule has 0 radical (unpaired) electrons. The van der Waals surface area contributed by atoms with Crippen molar-refractivity contribution in [3.63, 3.8) is 0 Å². The van der Waals surface area contributed by atoms with Crippen LogP contribution in [-0.4, -0.2) is 55.4 Å². The Morgan fingerprint density at radius 3 is 2.73 bits per heavy atom. The van der Waals surface area contributed by atoms with Crippen molar-refractivity contribution in [3.05, 3.63) is 0 Å². The third-order valence-electron chi connectivity index (χ3n) is 3.13. The van der Waals surface area contributed by atoms with Gasteiger partial charge in [0.25, 0.3) is 0 Å². The molecule has 15 heavy (non-hydrogen) atoms. The summed E-state index contributed by atoms with van der Waals surface area (Å²) >= 11 is 0. The van der Waals surface area contributed by atoms with Crippen LogP contribution < -0.4 is 0 Å². The standard InChI is InChI=1S/C12H24N2O/c1-11(15)12-7-4-5-9-14(12)10-6-8-13(2)3/h12H,4-10H2,1-3H3. The molecule has 0 aliphatic carbocycles. The Bertz CT molecular complexity index is 204. The van der Waals surface area contributed by atoms with E-state index in [9.17, 15) is 4.79 Å². The minimum Gasteiger partial charge on any atom is -0.309 e. The first kappa shape index (κ1) is 12.7. The summed E-state index contributed by atoms with van der Waals surface area (Å²) in [5, 5.41) is 0. The van der Waals surface area contributed by atoms with Crippen LogP contribution in [0, 0.1) is 0 Å². The van der Waals surface area contributed by atoms with Crippen LogP contribution in [0.2, 0.25) is 0 Å². The molecule has 0 saturated carbocycles. The topological polar surface area (TPSA) is 23.6 Å². The molecule has 1 aliphatic rings. The lowest BCUT2D eigenvalue weighted by atomic mass is 9.99. The highest BCUT2D eigenvalue weighted by atomic mass is 16.1. The summed E-state index contributed by atoms with van der Waals surface area (Å²) in [6, 6.07) is 0.209. The summed E-state index contributed by atoms with van der Waals surface area (Å²) in [5.74, 6) is 0.347. The fraction of sp³-hybridized carbons (Fsp3) is 0.917. The van der Waals surface area contributed by atoms with Crippen LogP contribution in [0.5, 0.6) is 0 Å². The molecule has 1 fully saturated rings. The van der Waals surface area contributed by atoms with E-state index in [-0.39, 0.29) is 6.04 Å². The Hall–Kier alpha value is -0.410. The van der Waals surface area contributed by atoms with Crippen LogP contribution in [-0.2, 0) is 4.79 Å². The summed E-state index contributed by atoms with van der Waals surface area (Å²) in [5.41, 5.74) is 0. The van der Waals surface area contributed by atoms with Crippen LogP contribution in [0.3, 0.4) is 0 Å². The van der Waals surface area contributed by atoms with Gasteiger partial charge in [-0.05, 0) is 53.4 Å². The molecule has 0 aromatic carbocycles. The molecule has 1 atom stereocenters. The van der Waals surface area contributed by atoms with Crippen molar-refractivity contribution >= 4 is 5.78 Å². The second-order valence-corrected chi connectivity index (χ2v) is 4.82. The number of nitrogens with zero attached hydrogens (tertiary/aromatic N) is 2. The smallest absolute Gasteiger partial charge is 0.146 e. The molecule has 0 amide bonds. The number of hydrogen-bond acceptors (Lipinski definition) is 3. The number of ketones is 1. The Morgan fingerprint density at radius 1 is 1.40 bits per heavy atom. The normalized spacial score (nSPS) is 23.3. The number of piperidine rings is 1. The summed E-state index contributed by atoms with van der Waals surface area (Å²) in [6.45, 7) is 5.02. The molecule has 0 N–H and O–H groups in total. The Morgan fingerprint density at radius 2 is 2.13 bits per heavy atom. The van der Waals surface area contributed by atoms with Crippen LogP contribution in [0.15, 0.2) is 0 Å². The summed E-state index contributed by atoms with van der Waals surface area (Å²) in [4.78, 5) is 16.0. The zero-order chi connectivity index (χ0) is 11.3. The third-order valence-corrected chi connectivity index (χ3v) is 3.13. The molecule has 0 bridgehead atoms. The van der Waals surface area contributed by atoms with Gasteiger partial charge in [0.15, 0.2) is 0 Å². The first-order chi connectivity index (χ1) is 7.11. The molecule has 0 aromatic rings. The molecular formula is C12H24N2O. The van der Waals surface area contributed by atoms with Crippen molar-refractivity contribution in [2.75, 3.05) is 33.7 Å². The predicted molar refractivity (Wildman–Crippen MR) is 63.1 cm³/mol. The summed E-state index contributed by atoms with van der Waals surface area (Å²) < 4.78 is 0. The van der Waals surface area contributed by atoms with Gasteiger partial charge in [0.1, 0.15) is 5.78 Å². The maximum absolute atomic E-state index is 11.5. The van der Waals surface area contributed by atoms with E-state index in [0.29, 0.717) is 5.78 Å². The van der Waals surface area contributed by atoms with Crippen LogP contribution >= 0.6 is 0 Å². The molecule has 1 unspecified atom stereocenters. The molecule has 3 heteroatoms. The van der Waals surface area contributed by atoms with E-state index >= 15 is 0 Å². The molecule has 88 valence electrons. The van der Waals surface area contributed by atoms with Gasteiger partial charge >= 0.3 is 0 Å². The van der Waals surface area contributed by atoms with Gasteiger partial charge in [-0.25, -0.2) is 0 Å². The minimum absolute atomic E-state index is 0.209. The van der Waals surface area contributed by atoms with Gasteiger partial charge in [-0.3, -0.25) is 9.69 Å². The quantitative estimate of drug-likeness (QED) is 0.688. The maximum Gasteiger partial charge on any atom is 0.146 e. The lowest BCUT2D eigenvalue weighted by molar-refractivity contribution is -0.123. The van der Waals surface area contributed by atoms with Crippen LogP contribution in [0.25, 0.3) is 0 Å². The highest BCUT2D eigenvalue weighted by molar-refractivity contribution is 5.81. The number of hydrogen-bond donors (Lipinski definition) is 0. The van der Waals surface area contributed by atoms with Crippen LogP contribution in [0.1, 0.15) is 32.6 Å². The van der Waals surface area contributed by atoms with E-state index < -0.39 is 0 Å². The average molecular weight is 212 g/mol. The van der Waals surface area contributed by atoms with Crippen molar-refractivity contribution in [1.29, 1.82) is 0 Å². The molecule has 1 rings (SSSR count). The van der Waals surface area contributed by atoms with E-state index in [1.807, 2.05) is 0 Å². The second kappa shape index (κ2) is 6.23. The number of rotatable bonds is 5. The molecule has 1 saturated heterocycles. The lowest BCUT2D eigenvalue weighted by Gasteiger charge is -2.34. The van der Waals surface area contributed by atoms with Gasteiger partial charge in [-0.15, -0.1) is 0 Å². The van der Waals surface area contributed by atoms with Crippen molar-refractivity contribution in [3.8, 4) is 0 Å². The lowest BCUT2D eigenvalue weighted by Crippen LogP contribution is -2.44. The summed E-state index contributed by atoms with van der Waals surface area (Å²) in [7, 11) is 4.19. The van der Waals surface area contributed by atoms with Gasteiger partial charge in [0.2, 0.25) is 0 Å². The molecule has 3 nitrogen and oxygen atoms in total. The minimum atomic E-state index is 0.209. The van der Waals surface area contributed by atoms with Crippen LogP contribution in [0.4, 0.5) is 0 Å². The number of Topliss-reactive ketones (excluding diaryl/α,β-unsaturated/α-hetero) is 1. The zero-order valence-corrected chi connectivity index (χ0v) is 10.3. The Labute approximate surface area is 93.4 Å². The van der Waals surface area contributed by atoms with Gasteiger partial charge in [0, 0.05) is 6.54 Å². The first-order valence-corrected chi connectivity index (χ1v) is 6.00. The molecule has 0 aromatic heterocycles. The highest BCUT2D eigenvalue weighted by Crippen LogP contribution is 2.17. The molecular weight excluding hydrogens is 188 g/mol. The molecule has 0 spiro atoms. The fourth-order valence-electron chi connectivity index (χ4n) is 2.31. The third kappa shape index (κ3) is 4.31. The highest BCUT2D eigenvalue weighted by Gasteiger charge is 2.25. The van der Waals surface area contributed by atoms with Crippen molar-refractivity contribution < 1.29 is 4.79 Å².